The predicted octanol–water partition coefficient (Wildman–Crippen LogP) is 2.71. The Bertz CT molecular complexity index is 710. The van der Waals surface area contributed by atoms with Crippen LogP contribution in [0.25, 0.3) is 10.2 Å². The first-order valence-corrected chi connectivity index (χ1v) is 10.5. The summed E-state index contributed by atoms with van der Waals surface area (Å²) in [7, 11) is 0. The lowest BCUT2D eigenvalue weighted by atomic mass is 9.86. The molecule has 0 bridgehead atoms. The van der Waals surface area contributed by atoms with Crippen molar-refractivity contribution < 1.29 is 9.69 Å². The zero-order chi connectivity index (χ0) is 17.2. The predicted molar refractivity (Wildman–Crippen MR) is 102 cm³/mol. The van der Waals surface area contributed by atoms with Crippen molar-refractivity contribution in [2.24, 2.45) is 5.92 Å². The van der Waals surface area contributed by atoms with Crippen LogP contribution >= 0.6 is 11.3 Å². The van der Waals surface area contributed by atoms with Gasteiger partial charge in [0.2, 0.25) is 0 Å². The van der Waals surface area contributed by atoms with E-state index in [1.54, 1.807) is 11.3 Å². The summed E-state index contributed by atoms with van der Waals surface area (Å²) in [5.74, 6) is 0.841. The molecule has 0 radical (unpaired) electrons. The van der Waals surface area contributed by atoms with Crippen LogP contribution in [0.4, 0.5) is 0 Å². The number of nitrogens with zero attached hydrogens (tertiary/aromatic N) is 1. The van der Waals surface area contributed by atoms with Gasteiger partial charge in [-0.1, -0.05) is 31.9 Å². The number of fused-ring (bicyclic) bond motifs is 1. The van der Waals surface area contributed by atoms with Gasteiger partial charge in [0.15, 0.2) is 11.6 Å². The maximum atomic E-state index is 12.6. The Balaban J connectivity index is 1.41. The van der Waals surface area contributed by atoms with E-state index in [0.717, 1.165) is 24.9 Å². The van der Waals surface area contributed by atoms with Gasteiger partial charge in [0.25, 0.3) is 5.91 Å². The summed E-state index contributed by atoms with van der Waals surface area (Å²) in [6.07, 6.45) is 7.27. The lowest BCUT2D eigenvalue weighted by Gasteiger charge is -2.30. The Labute approximate surface area is 153 Å². The standard InChI is InChI=1S/C20H27N3OS/c1-14-7-2-3-8-15(14)21-19(24)13-23-12-6-10-17(23)20-22-16-9-4-5-11-18(16)25-20/h4-5,9,11,14-15,17H,2-3,6-8,10,12-13H2,1H3,(H,21,24)/p+1/t14-,15-,17+/m0/s1. The SMILES string of the molecule is C[C@H]1CCCC[C@@H]1NC(=O)C[NH+]1CCC[C@@H]1c1nc2ccccc2s1. The minimum absolute atomic E-state index is 0.224. The van der Waals surface area contributed by atoms with Gasteiger partial charge >= 0.3 is 0 Å². The van der Waals surface area contributed by atoms with Gasteiger partial charge in [-0.05, 0) is 30.9 Å². The molecule has 1 amide bonds. The molecule has 2 fully saturated rings. The number of hydrogen-bond donors (Lipinski definition) is 2. The van der Waals surface area contributed by atoms with Gasteiger partial charge in [0, 0.05) is 18.9 Å². The molecule has 1 unspecified atom stereocenters. The number of quaternary nitrogens is 1. The van der Waals surface area contributed by atoms with Gasteiger partial charge in [-0.15, -0.1) is 11.3 Å². The first-order chi connectivity index (χ1) is 12.2. The Kier molecular flexibility index (Phi) is 5.04. The number of nitrogens with one attached hydrogen (secondary N) is 2. The molecule has 2 aromatic rings. The molecule has 1 aromatic heterocycles. The number of rotatable bonds is 4. The van der Waals surface area contributed by atoms with E-state index >= 15 is 0 Å². The lowest BCUT2D eigenvalue weighted by Crippen LogP contribution is -3.11. The van der Waals surface area contributed by atoms with Crippen molar-refractivity contribution in [3.05, 3.63) is 29.3 Å². The minimum atomic E-state index is 0.224. The summed E-state index contributed by atoms with van der Waals surface area (Å²) in [6, 6.07) is 9.10. The molecule has 5 heteroatoms. The monoisotopic (exact) mass is 358 g/mol. The molecule has 1 aliphatic heterocycles. The van der Waals surface area contributed by atoms with Crippen molar-refractivity contribution in [1.82, 2.24) is 10.3 Å². The number of benzene rings is 1. The van der Waals surface area contributed by atoms with Crippen LogP contribution in [0.1, 0.15) is 56.5 Å². The Morgan fingerprint density at radius 1 is 1.24 bits per heavy atom. The van der Waals surface area contributed by atoms with Crippen LogP contribution in [0.3, 0.4) is 0 Å². The number of likely N-dealkylation sites (tertiary alicyclic amines) is 1. The fraction of sp³-hybridized carbons (Fsp3) is 0.600. The molecule has 1 aromatic carbocycles. The molecule has 2 N–H and O–H groups in total. The number of amides is 1. The zero-order valence-electron chi connectivity index (χ0n) is 15.0. The van der Waals surface area contributed by atoms with Gasteiger partial charge in [0.05, 0.1) is 16.8 Å². The Morgan fingerprint density at radius 2 is 2.08 bits per heavy atom. The summed E-state index contributed by atoms with van der Waals surface area (Å²) in [5, 5.41) is 4.52. The smallest absolute Gasteiger partial charge is 0.275 e. The molecule has 25 heavy (non-hydrogen) atoms. The topological polar surface area (TPSA) is 46.4 Å². The summed E-state index contributed by atoms with van der Waals surface area (Å²) >= 11 is 1.80. The first-order valence-electron chi connectivity index (χ1n) is 9.70. The van der Waals surface area contributed by atoms with Crippen LogP contribution in [0.2, 0.25) is 0 Å². The highest BCUT2D eigenvalue weighted by molar-refractivity contribution is 7.18. The van der Waals surface area contributed by atoms with Crippen molar-refractivity contribution in [3.63, 3.8) is 0 Å². The van der Waals surface area contributed by atoms with Gasteiger partial charge < -0.3 is 10.2 Å². The van der Waals surface area contributed by atoms with Crippen LogP contribution in [0.15, 0.2) is 24.3 Å². The van der Waals surface area contributed by atoms with Crippen molar-refractivity contribution >= 4 is 27.5 Å². The van der Waals surface area contributed by atoms with E-state index in [4.69, 9.17) is 4.98 Å². The van der Waals surface area contributed by atoms with Crippen molar-refractivity contribution in [1.29, 1.82) is 0 Å². The maximum absolute atomic E-state index is 12.6. The second-order valence-corrected chi connectivity index (χ2v) is 8.80. The van der Waals surface area contributed by atoms with Crippen molar-refractivity contribution in [3.8, 4) is 0 Å². The van der Waals surface area contributed by atoms with Crippen LogP contribution < -0.4 is 10.2 Å². The molecule has 2 heterocycles. The maximum Gasteiger partial charge on any atom is 0.275 e. The second kappa shape index (κ2) is 7.42. The van der Waals surface area contributed by atoms with E-state index in [-0.39, 0.29) is 5.91 Å². The highest BCUT2D eigenvalue weighted by Gasteiger charge is 2.34. The molecule has 4 atom stereocenters. The quantitative estimate of drug-likeness (QED) is 0.883. The van der Waals surface area contributed by atoms with Gasteiger partial charge in [-0.2, -0.15) is 0 Å². The molecule has 0 spiro atoms. The summed E-state index contributed by atoms with van der Waals surface area (Å²) in [5.41, 5.74) is 1.09. The van der Waals surface area contributed by atoms with E-state index < -0.39 is 0 Å². The van der Waals surface area contributed by atoms with Crippen LogP contribution in [0.5, 0.6) is 0 Å². The van der Waals surface area contributed by atoms with E-state index in [1.807, 2.05) is 6.07 Å². The summed E-state index contributed by atoms with van der Waals surface area (Å²) < 4.78 is 1.25. The van der Waals surface area contributed by atoms with E-state index in [0.29, 0.717) is 24.5 Å². The van der Waals surface area contributed by atoms with E-state index in [1.165, 1.54) is 40.3 Å². The highest BCUT2D eigenvalue weighted by Crippen LogP contribution is 2.28. The number of carbonyl (C=O) groups excluding carboxylic acids is 1. The molecule has 1 aliphatic carbocycles. The number of aromatic nitrogens is 1. The average Bonchev–Trinajstić information content (AvgIpc) is 3.23. The number of hydrogen-bond acceptors (Lipinski definition) is 3. The lowest BCUT2D eigenvalue weighted by molar-refractivity contribution is -0.910. The fourth-order valence-electron chi connectivity index (χ4n) is 4.46. The summed E-state index contributed by atoms with van der Waals surface area (Å²) in [4.78, 5) is 18.8. The summed E-state index contributed by atoms with van der Waals surface area (Å²) in [6.45, 7) is 3.94. The Morgan fingerprint density at radius 3 is 2.92 bits per heavy atom. The molecule has 1 saturated carbocycles. The molecule has 1 saturated heterocycles. The molecule has 134 valence electrons. The van der Waals surface area contributed by atoms with Gasteiger partial charge in [-0.25, -0.2) is 4.98 Å². The van der Waals surface area contributed by atoms with Gasteiger partial charge in [-0.3, -0.25) is 4.79 Å². The third kappa shape index (κ3) is 3.72. The van der Waals surface area contributed by atoms with Crippen molar-refractivity contribution in [2.45, 2.75) is 57.5 Å². The normalized spacial score (nSPS) is 29.8. The van der Waals surface area contributed by atoms with Crippen LogP contribution in [-0.2, 0) is 4.79 Å². The van der Waals surface area contributed by atoms with Crippen LogP contribution in [-0.4, -0.2) is 30.0 Å². The zero-order valence-corrected chi connectivity index (χ0v) is 15.8. The third-order valence-electron chi connectivity index (χ3n) is 5.94. The first kappa shape index (κ1) is 17.0. The van der Waals surface area contributed by atoms with Gasteiger partial charge in [0.1, 0.15) is 6.04 Å². The molecule has 4 nitrogen and oxygen atoms in total. The molecule has 4 rings (SSSR count). The van der Waals surface area contributed by atoms with Crippen LogP contribution in [0, 0.1) is 5.92 Å². The van der Waals surface area contributed by atoms with Crippen molar-refractivity contribution in [2.75, 3.05) is 13.1 Å². The Hall–Kier alpha value is -1.46. The number of para-hydroxylation sites is 1. The third-order valence-corrected chi connectivity index (χ3v) is 7.09. The van der Waals surface area contributed by atoms with E-state index in [9.17, 15) is 4.79 Å². The minimum Gasteiger partial charge on any atom is -0.348 e. The average molecular weight is 359 g/mol. The molecule has 2 aliphatic rings. The second-order valence-electron chi connectivity index (χ2n) is 7.74. The number of carbonyl (C=O) groups is 1. The molecular weight excluding hydrogens is 330 g/mol. The largest absolute Gasteiger partial charge is 0.348 e. The fourth-order valence-corrected chi connectivity index (χ4v) is 5.62. The number of thiazole rings is 1. The highest BCUT2D eigenvalue weighted by atomic mass is 32.1. The van der Waals surface area contributed by atoms with E-state index in [2.05, 4.69) is 30.4 Å². The molecular formula is C20H28N3OS+.